The molecule has 0 bridgehead atoms. The standard InChI is InChI=1S/C21H21N3O6/c1-13(23-24-21(28)15-7-10-17-18(11-15)30-12-29-17)14-5-8-16(9-6-14)22-19(25)3-2-4-20(26)27/h5-11,23H,1-4,12H2,(H,22,25)(H,24,28)(H,26,27). The van der Waals surface area contributed by atoms with Crippen LogP contribution < -0.4 is 25.6 Å². The molecule has 0 unspecified atom stereocenters. The number of carbonyl (C=O) groups excluding carboxylic acids is 2. The second kappa shape index (κ2) is 9.46. The number of amides is 2. The number of aliphatic carboxylic acids is 1. The molecule has 3 rings (SSSR count). The first kappa shape index (κ1) is 20.7. The topological polar surface area (TPSA) is 126 Å². The molecule has 1 aliphatic rings. The molecule has 9 nitrogen and oxygen atoms in total. The van der Waals surface area contributed by atoms with Crippen LogP contribution >= 0.6 is 0 Å². The maximum Gasteiger partial charge on any atom is 0.303 e. The van der Waals surface area contributed by atoms with Gasteiger partial charge in [-0.05, 0) is 42.3 Å². The predicted molar refractivity (Wildman–Crippen MR) is 109 cm³/mol. The van der Waals surface area contributed by atoms with Crippen molar-refractivity contribution in [3.05, 3.63) is 60.2 Å². The van der Waals surface area contributed by atoms with E-state index in [-0.39, 0.29) is 37.9 Å². The van der Waals surface area contributed by atoms with Crippen LogP contribution in [0.15, 0.2) is 49.0 Å². The molecule has 0 saturated heterocycles. The van der Waals surface area contributed by atoms with Crippen molar-refractivity contribution in [1.82, 2.24) is 10.9 Å². The van der Waals surface area contributed by atoms with Crippen LogP contribution in [0.4, 0.5) is 5.69 Å². The van der Waals surface area contributed by atoms with Crippen molar-refractivity contribution in [1.29, 1.82) is 0 Å². The lowest BCUT2D eigenvalue weighted by atomic mass is 10.1. The summed E-state index contributed by atoms with van der Waals surface area (Å²) in [5.74, 6) is -0.430. The van der Waals surface area contributed by atoms with Crippen LogP contribution in [0.3, 0.4) is 0 Å². The number of hydrogen-bond donors (Lipinski definition) is 4. The highest BCUT2D eigenvalue weighted by Gasteiger charge is 2.16. The Morgan fingerprint density at radius 2 is 1.63 bits per heavy atom. The number of carboxylic acids is 1. The normalized spacial score (nSPS) is 11.5. The molecule has 4 N–H and O–H groups in total. The zero-order valence-corrected chi connectivity index (χ0v) is 16.1. The van der Waals surface area contributed by atoms with Gasteiger partial charge in [-0.2, -0.15) is 0 Å². The van der Waals surface area contributed by atoms with Crippen LogP contribution in [0, 0.1) is 0 Å². The number of carbonyl (C=O) groups is 3. The van der Waals surface area contributed by atoms with Gasteiger partial charge in [-0.3, -0.25) is 25.2 Å². The van der Waals surface area contributed by atoms with Gasteiger partial charge in [0.2, 0.25) is 12.7 Å². The monoisotopic (exact) mass is 411 g/mol. The molecule has 2 aromatic carbocycles. The second-order valence-corrected chi connectivity index (χ2v) is 6.50. The summed E-state index contributed by atoms with van der Waals surface area (Å²) in [6, 6.07) is 11.7. The molecule has 0 atom stereocenters. The van der Waals surface area contributed by atoms with Gasteiger partial charge in [0.15, 0.2) is 11.5 Å². The lowest BCUT2D eigenvalue weighted by Gasteiger charge is -2.12. The van der Waals surface area contributed by atoms with Crippen molar-refractivity contribution in [2.75, 3.05) is 12.1 Å². The van der Waals surface area contributed by atoms with E-state index in [4.69, 9.17) is 14.6 Å². The molecule has 0 radical (unpaired) electrons. The van der Waals surface area contributed by atoms with Crippen molar-refractivity contribution < 1.29 is 29.0 Å². The SMILES string of the molecule is C=C(NNC(=O)c1ccc2c(c1)OCO2)c1ccc(NC(=O)CCCC(=O)O)cc1. The van der Waals surface area contributed by atoms with E-state index < -0.39 is 5.97 Å². The van der Waals surface area contributed by atoms with Crippen molar-refractivity contribution in [2.45, 2.75) is 19.3 Å². The average molecular weight is 411 g/mol. The van der Waals surface area contributed by atoms with E-state index in [1.54, 1.807) is 42.5 Å². The van der Waals surface area contributed by atoms with Gasteiger partial charge in [0, 0.05) is 24.1 Å². The van der Waals surface area contributed by atoms with Gasteiger partial charge >= 0.3 is 5.97 Å². The van der Waals surface area contributed by atoms with E-state index in [1.165, 1.54) is 0 Å². The molecule has 2 aromatic rings. The second-order valence-electron chi connectivity index (χ2n) is 6.50. The molecular formula is C21H21N3O6. The third kappa shape index (κ3) is 5.51. The molecular weight excluding hydrogens is 390 g/mol. The summed E-state index contributed by atoms with van der Waals surface area (Å²) in [4.78, 5) is 34.6. The first-order valence-corrected chi connectivity index (χ1v) is 9.19. The number of hydrogen-bond acceptors (Lipinski definition) is 6. The molecule has 1 aliphatic heterocycles. The zero-order chi connectivity index (χ0) is 21.5. The van der Waals surface area contributed by atoms with Crippen molar-refractivity contribution in [2.24, 2.45) is 0 Å². The Morgan fingerprint density at radius 1 is 0.933 bits per heavy atom. The summed E-state index contributed by atoms with van der Waals surface area (Å²) in [6.07, 6.45) is 0.368. The molecule has 0 fully saturated rings. The predicted octanol–water partition coefficient (Wildman–Crippen LogP) is 2.51. The Morgan fingerprint density at radius 3 is 2.37 bits per heavy atom. The Labute approximate surface area is 172 Å². The van der Waals surface area contributed by atoms with Crippen LogP contribution in [-0.4, -0.2) is 29.7 Å². The van der Waals surface area contributed by atoms with E-state index in [0.29, 0.717) is 34.0 Å². The van der Waals surface area contributed by atoms with Crippen molar-refractivity contribution in [3.63, 3.8) is 0 Å². The van der Waals surface area contributed by atoms with E-state index in [1.807, 2.05) is 0 Å². The number of benzene rings is 2. The highest BCUT2D eigenvalue weighted by atomic mass is 16.7. The Balaban J connectivity index is 1.48. The number of rotatable bonds is 9. The highest BCUT2D eigenvalue weighted by molar-refractivity contribution is 5.95. The van der Waals surface area contributed by atoms with E-state index >= 15 is 0 Å². The van der Waals surface area contributed by atoms with Gasteiger partial charge in [-0.1, -0.05) is 18.7 Å². The molecule has 156 valence electrons. The van der Waals surface area contributed by atoms with Gasteiger partial charge in [0.05, 0.1) is 5.70 Å². The summed E-state index contributed by atoms with van der Waals surface area (Å²) in [5, 5.41) is 11.3. The smallest absolute Gasteiger partial charge is 0.303 e. The number of fused-ring (bicyclic) bond motifs is 1. The first-order chi connectivity index (χ1) is 14.4. The molecule has 9 heteroatoms. The molecule has 0 saturated carbocycles. The van der Waals surface area contributed by atoms with Crippen LogP contribution in [0.1, 0.15) is 35.2 Å². The summed E-state index contributed by atoms with van der Waals surface area (Å²) in [6.45, 7) is 4.02. The lowest BCUT2D eigenvalue weighted by molar-refractivity contribution is -0.137. The number of nitrogens with one attached hydrogen (secondary N) is 3. The molecule has 1 heterocycles. The zero-order valence-electron chi connectivity index (χ0n) is 16.1. The Bertz CT molecular complexity index is 971. The highest BCUT2D eigenvalue weighted by Crippen LogP contribution is 2.32. The fourth-order valence-corrected chi connectivity index (χ4v) is 2.69. The maximum atomic E-state index is 12.3. The molecule has 30 heavy (non-hydrogen) atoms. The minimum Gasteiger partial charge on any atom is -0.481 e. The molecule has 0 aliphatic carbocycles. The van der Waals surface area contributed by atoms with Gasteiger partial charge in [-0.15, -0.1) is 0 Å². The maximum absolute atomic E-state index is 12.3. The number of anilines is 1. The fraction of sp³-hybridized carbons (Fsp3) is 0.190. The Kier molecular flexibility index (Phi) is 6.53. The van der Waals surface area contributed by atoms with Gasteiger partial charge in [-0.25, -0.2) is 0 Å². The lowest BCUT2D eigenvalue weighted by Crippen LogP contribution is -2.35. The summed E-state index contributed by atoms with van der Waals surface area (Å²) < 4.78 is 10.5. The van der Waals surface area contributed by atoms with Crippen molar-refractivity contribution >= 4 is 29.2 Å². The number of carboxylic acid groups (broad SMARTS) is 1. The summed E-state index contributed by atoms with van der Waals surface area (Å²) in [5.41, 5.74) is 7.48. The fourth-order valence-electron chi connectivity index (χ4n) is 2.69. The van der Waals surface area contributed by atoms with Crippen LogP contribution in [0.2, 0.25) is 0 Å². The minimum atomic E-state index is -0.927. The van der Waals surface area contributed by atoms with Crippen LogP contribution in [-0.2, 0) is 9.59 Å². The first-order valence-electron chi connectivity index (χ1n) is 9.19. The average Bonchev–Trinajstić information content (AvgIpc) is 3.20. The third-order valence-corrected chi connectivity index (χ3v) is 4.27. The van der Waals surface area contributed by atoms with E-state index in [2.05, 4.69) is 22.7 Å². The third-order valence-electron chi connectivity index (χ3n) is 4.27. The molecule has 0 aromatic heterocycles. The van der Waals surface area contributed by atoms with Crippen molar-refractivity contribution in [3.8, 4) is 11.5 Å². The molecule has 0 spiro atoms. The number of ether oxygens (including phenoxy) is 2. The van der Waals surface area contributed by atoms with Crippen LogP contribution in [0.5, 0.6) is 11.5 Å². The number of hydrazine groups is 1. The summed E-state index contributed by atoms with van der Waals surface area (Å²) >= 11 is 0. The molecule has 2 amide bonds. The van der Waals surface area contributed by atoms with Gasteiger partial charge in [0.1, 0.15) is 0 Å². The Hall–Kier alpha value is -4.01. The quantitative estimate of drug-likeness (QED) is 0.467. The van der Waals surface area contributed by atoms with E-state index in [0.717, 1.165) is 0 Å². The summed E-state index contributed by atoms with van der Waals surface area (Å²) in [7, 11) is 0. The minimum absolute atomic E-state index is 0.0458. The van der Waals surface area contributed by atoms with Gasteiger partial charge in [0.25, 0.3) is 5.91 Å². The van der Waals surface area contributed by atoms with Crippen LogP contribution in [0.25, 0.3) is 5.70 Å². The van der Waals surface area contributed by atoms with Gasteiger partial charge < -0.3 is 19.9 Å². The largest absolute Gasteiger partial charge is 0.481 e. The van der Waals surface area contributed by atoms with E-state index in [9.17, 15) is 14.4 Å².